The van der Waals surface area contributed by atoms with Gasteiger partial charge in [-0.1, -0.05) is 18.2 Å². The highest BCUT2D eigenvalue weighted by Crippen LogP contribution is 2.40. The SMILES string of the molecule is COc1ccc(/C=C/C(=O)Nc2ccc(S(=O)(=O)Nc3c(C)cccc3C)cc2)c(OC)c1OC. The number of methoxy groups -OCH3 is 3. The number of rotatable bonds is 9. The molecule has 3 aromatic rings. The van der Waals surface area contributed by atoms with Crippen LogP contribution >= 0.6 is 0 Å². The number of aryl methyl sites for hydroxylation is 2. The van der Waals surface area contributed by atoms with Crippen LogP contribution < -0.4 is 24.2 Å². The number of ether oxygens (including phenoxy) is 3. The summed E-state index contributed by atoms with van der Waals surface area (Å²) in [6.07, 6.45) is 2.93. The molecular formula is C26H28N2O6S. The van der Waals surface area contributed by atoms with E-state index in [1.165, 1.54) is 51.7 Å². The molecule has 9 heteroatoms. The van der Waals surface area contributed by atoms with Crippen molar-refractivity contribution in [2.45, 2.75) is 18.7 Å². The molecule has 2 N–H and O–H groups in total. The summed E-state index contributed by atoms with van der Waals surface area (Å²) in [4.78, 5) is 12.5. The van der Waals surface area contributed by atoms with Crippen molar-refractivity contribution >= 4 is 33.4 Å². The number of benzene rings is 3. The van der Waals surface area contributed by atoms with E-state index in [-0.39, 0.29) is 4.90 Å². The molecule has 1 amide bonds. The van der Waals surface area contributed by atoms with Gasteiger partial charge in [0.15, 0.2) is 11.5 Å². The highest BCUT2D eigenvalue weighted by molar-refractivity contribution is 7.92. The number of carbonyl (C=O) groups excluding carboxylic acids is 1. The lowest BCUT2D eigenvalue weighted by molar-refractivity contribution is -0.111. The normalized spacial score (nSPS) is 11.2. The molecule has 0 spiro atoms. The molecule has 8 nitrogen and oxygen atoms in total. The van der Waals surface area contributed by atoms with E-state index in [2.05, 4.69) is 10.0 Å². The summed E-state index contributed by atoms with van der Waals surface area (Å²) in [7, 11) is 0.743. The van der Waals surface area contributed by atoms with Gasteiger partial charge in [-0.2, -0.15) is 0 Å². The summed E-state index contributed by atoms with van der Waals surface area (Å²) in [5, 5.41) is 2.71. The van der Waals surface area contributed by atoms with Gasteiger partial charge in [0.1, 0.15) is 0 Å². The topological polar surface area (TPSA) is 103 Å². The van der Waals surface area contributed by atoms with Gasteiger partial charge in [-0.15, -0.1) is 0 Å². The molecule has 0 aliphatic heterocycles. The predicted molar refractivity (Wildman–Crippen MR) is 137 cm³/mol. The highest BCUT2D eigenvalue weighted by atomic mass is 32.2. The third kappa shape index (κ3) is 5.93. The average Bonchev–Trinajstić information content (AvgIpc) is 2.84. The van der Waals surface area contributed by atoms with Gasteiger partial charge in [0.05, 0.1) is 31.9 Å². The zero-order chi connectivity index (χ0) is 25.6. The molecule has 0 fully saturated rings. The Morgan fingerprint density at radius 1 is 0.829 bits per heavy atom. The number of sulfonamides is 1. The third-order valence-corrected chi connectivity index (χ3v) is 6.66. The second-order valence-electron chi connectivity index (χ2n) is 7.64. The standard InChI is InChI=1S/C26H28N2O6S/c1-17-7-6-8-18(2)24(17)28-35(30,31)21-13-11-20(12-14-21)27-23(29)16-10-19-9-15-22(32-3)26(34-5)25(19)33-4/h6-16,28H,1-5H3,(H,27,29)/b16-10+. The highest BCUT2D eigenvalue weighted by Gasteiger charge is 2.17. The minimum atomic E-state index is -3.78. The molecule has 0 heterocycles. The lowest BCUT2D eigenvalue weighted by Crippen LogP contribution is -2.15. The van der Waals surface area contributed by atoms with Crippen LogP contribution in [0.25, 0.3) is 6.08 Å². The van der Waals surface area contributed by atoms with Crippen molar-refractivity contribution in [1.29, 1.82) is 0 Å². The van der Waals surface area contributed by atoms with Crippen molar-refractivity contribution in [3.63, 3.8) is 0 Å². The Morgan fingerprint density at radius 2 is 1.46 bits per heavy atom. The molecule has 0 saturated carbocycles. The van der Waals surface area contributed by atoms with Gasteiger partial charge >= 0.3 is 0 Å². The predicted octanol–water partition coefficient (Wildman–Crippen LogP) is 4.78. The molecule has 3 rings (SSSR count). The fraction of sp³-hybridized carbons (Fsp3) is 0.192. The minimum absolute atomic E-state index is 0.0868. The Labute approximate surface area is 205 Å². The number of anilines is 2. The van der Waals surface area contributed by atoms with E-state index in [1.54, 1.807) is 18.2 Å². The molecule has 35 heavy (non-hydrogen) atoms. The largest absolute Gasteiger partial charge is 0.493 e. The van der Waals surface area contributed by atoms with Crippen LogP contribution in [0, 0.1) is 13.8 Å². The first-order valence-electron chi connectivity index (χ1n) is 10.7. The molecular weight excluding hydrogens is 468 g/mol. The molecule has 3 aromatic carbocycles. The maximum absolute atomic E-state index is 12.8. The zero-order valence-electron chi connectivity index (χ0n) is 20.2. The van der Waals surface area contributed by atoms with Crippen LogP contribution in [0.15, 0.2) is 65.6 Å². The molecule has 184 valence electrons. The fourth-order valence-corrected chi connectivity index (χ4v) is 4.69. The Balaban J connectivity index is 1.72. The van der Waals surface area contributed by atoms with E-state index in [1.807, 2.05) is 32.0 Å². The van der Waals surface area contributed by atoms with Crippen LogP contribution in [-0.4, -0.2) is 35.7 Å². The molecule has 0 aliphatic carbocycles. The van der Waals surface area contributed by atoms with Gasteiger partial charge in [0, 0.05) is 17.3 Å². The molecule has 0 atom stereocenters. The third-order valence-electron chi connectivity index (χ3n) is 5.30. The quantitative estimate of drug-likeness (QED) is 0.413. The van der Waals surface area contributed by atoms with Crippen molar-refractivity contribution < 1.29 is 27.4 Å². The van der Waals surface area contributed by atoms with Crippen LogP contribution in [0.2, 0.25) is 0 Å². The second-order valence-corrected chi connectivity index (χ2v) is 9.33. The Morgan fingerprint density at radius 3 is 2.03 bits per heavy atom. The first kappa shape index (κ1) is 25.6. The summed E-state index contributed by atoms with van der Waals surface area (Å²) in [6, 6.07) is 14.9. The monoisotopic (exact) mass is 496 g/mol. The summed E-state index contributed by atoms with van der Waals surface area (Å²) in [6.45, 7) is 3.68. The van der Waals surface area contributed by atoms with Crippen LogP contribution in [0.5, 0.6) is 17.2 Å². The van der Waals surface area contributed by atoms with Crippen molar-refractivity contribution in [2.24, 2.45) is 0 Å². The van der Waals surface area contributed by atoms with E-state index in [0.29, 0.717) is 34.2 Å². The van der Waals surface area contributed by atoms with Crippen molar-refractivity contribution in [3.05, 3.63) is 77.4 Å². The van der Waals surface area contributed by atoms with Crippen LogP contribution in [-0.2, 0) is 14.8 Å². The Bertz CT molecular complexity index is 1330. The number of hydrogen-bond acceptors (Lipinski definition) is 6. The number of para-hydroxylation sites is 1. The van der Waals surface area contributed by atoms with E-state index in [4.69, 9.17) is 14.2 Å². The molecule has 0 bridgehead atoms. The maximum atomic E-state index is 12.8. The lowest BCUT2D eigenvalue weighted by Gasteiger charge is -2.14. The number of nitrogens with one attached hydrogen (secondary N) is 2. The van der Waals surface area contributed by atoms with E-state index >= 15 is 0 Å². The van der Waals surface area contributed by atoms with Crippen LogP contribution in [0.1, 0.15) is 16.7 Å². The second kappa shape index (κ2) is 11.0. The van der Waals surface area contributed by atoms with Crippen molar-refractivity contribution in [2.75, 3.05) is 31.4 Å². The number of carbonyl (C=O) groups is 1. The summed E-state index contributed by atoms with van der Waals surface area (Å²) in [5.41, 5.74) is 3.29. The molecule has 0 unspecified atom stereocenters. The van der Waals surface area contributed by atoms with E-state index in [9.17, 15) is 13.2 Å². The molecule has 0 radical (unpaired) electrons. The first-order chi connectivity index (χ1) is 16.7. The smallest absolute Gasteiger partial charge is 0.261 e. The zero-order valence-corrected chi connectivity index (χ0v) is 21.0. The minimum Gasteiger partial charge on any atom is -0.493 e. The maximum Gasteiger partial charge on any atom is 0.261 e. The summed E-state index contributed by atoms with van der Waals surface area (Å²) >= 11 is 0. The van der Waals surface area contributed by atoms with Crippen LogP contribution in [0.3, 0.4) is 0 Å². The van der Waals surface area contributed by atoms with E-state index < -0.39 is 15.9 Å². The Kier molecular flexibility index (Phi) is 8.03. The van der Waals surface area contributed by atoms with Gasteiger partial charge in [0.25, 0.3) is 10.0 Å². The molecule has 0 aliphatic rings. The first-order valence-corrected chi connectivity index (χ1v) is 12.2. The number of amides is 1. The molecule has 0 saturated heterocycles. The van der Waals surface area contributed by atoms with Gasteiger partial charge in [-0.3, -0.25) is 9.52 Å². The van der Waals surface area contributed by atoms with Gasteiger partial charge in [0.2, 0.25) is 11.7 Å². The fourth-order valence-electron chi connectivity index (χ4n) is 3.49. The summed E-state index contributed by atoms with van der Waals surface area (Å²) in [5.74, 6) is 0.963. The van der Waals surface area contributed by atoms with Crippen LogP contribution in [0.4, 0.5) is 11.4 Å². The van der Waals surface area contributed by atoms with Gasteiger partial charge in [-0.05, 0) is 67.4 Å². The average molecular weight is 497 g/mol. The Hall–Kier alpha value is -3.98. The van der Waals surface area contributed by atoms with Gasteiger partial charge in [-0.25, -0.2) is 8.42 Å². The lowest BCUT2D eigenvalue weighted by atomic mass is 10.1. The van der Waals surface area contributed by atoms with Crippen molar-refractivity contribution in [1.82, 2.24) is 0 Å². The van der Waals surface area contributed by atoms with Crippen molar-refractivity contribution in [3.8, 4) is 17.2 Å². The molecule has 0 aromatic heterocycles. The van der Waals surface area contributed by atoms with Gasteiger partial charge < -0.3 is 19.5 Å². The van der Waals surface area contributed by atoms with E-state index in [0.717, 1.165) is 11.1 Å². The number of hydrogen-bond donors (Lipinski definition) is 2. The summed E-state index contributed by atoms with van der Waals surface area (Å²) < 4.78 is 44.3.